The van der Waals surface area contributed by atoms with Crippen LogP contribution < -0.4 is 14.9 Å². The molecule has 1 aliphatic heterocycles. The highest BCUT2D eigenvalue weighted by molar-refractivity contribution is 7.92. The Labute approximate surface area is 236 Å². The molecule has 0 radical (unpaired) electrons. The molecule has 2 heterocycles. The van der Waals surface area contributed by atoms with Crippen LogP contribution >= 0.6 is 0 Å². The second-order valence-corrected chi connectivity index (χ2v) is 12.0. The third-order valence-corrected chi connectivity index (χ3v) is 8.89. The Hall–Kier alpha value is -3.41. The average Bonchev–Trinajstić information content (AvgIpc) is 3.27. The van der Waals surface area contributed by atoms with Crippen molar-refractivity contribution in [2.75, 3.05) is 30.2 Å². The lowest BCUT2D eigenvalue weighted by molar-refractivity contribution is -0.122. The van der Waals surface area contributed by atoms with E-state index in [1.54, 1.807) is 13.1 Å². The number of sulfonamides is 1. The van der Waals surface area contributed by atoms with Crippen LogP contribution in [0.25, 0.3) is 10.9 Å². The Bertz CT molecular complexity index is 1390. The van der Waals surface area contributed by atoms with Crippen molar-refractivity contribution in [1.29, 1.82) is 0 Å². The van der Waals surface area contributed by atoms with Gasteiger partial charge < -0.3 is 25.4 Å². The summed E-state index contributed by atoms with van der Waals surface area (Å²) in [5, 5.41) is 25.1. The monoisotopic (exact) mass is 572 g/mol. The second-order valence-electron chi connectivity index (χ2n) is 9.88. The van der Waals surface area contributed by atoms with Crippen molar-refractivity contribution < 1.29 is 28.2 Å². The number of aromatic nitrogens is 1. The first-order chi connectivity index (χ1) is 19.2. The van der Waals surface area contributed by atoms with Crippen LogP contribution in [-0.4, -0.2) is 73.6 Å². The summed E-state index contributed by atoms with van der Waals surface area (Å²) in [7, 11) is -1.96. The summed E-state index contributed by atoms with van der Waals surface area (Å²) < 4.78 is 28.9. The van der Waals surface area contributed by atoms with Gasteiger partial charge >= 0.3 is 0 Å². The van der Waals surface area contributed by atoms with Gasteiger partial charge in [0.05, 0.1) is 29.1 Å². The quantitative estimate of drug-likeness (QED) is 0.205. The lowest BCUT2D eigenvalue weighted by Crippen LogP contribution is -2.48. The number of amides is 1. The van der Waals surface area contributed by atoms with Crippen LogP contribution in [0.2, 0.25) is 0 Å². The zero-order valence-electron chi connectivity index (χ0n) is 23.3. The number of benzene rings is 2. The zero-order chi connectivity index (χ0) is 29.3. The Balaban J connectivity index is 0.00000141. The molecule has 0 fully saturated rings. The van der Waals surface area contributed by atoms with Gasteiger partial charge in [0.25, 0.3) is 12.4 Å². The molecule has 3 aromatic rings. The standard InChI is InChI=1S/C28H38N4O4S.CH2O2/c1-4-6-12-29-18-26(33)24(15-20-10-8-7-9-11-20)30-28(34)22-16-23-21(5-2)19-32-13-14-37(35,36)31(3)25(17-22)27(23)32;2-1-3/h7-11,16-17,19,24,26,29,33H,4-6,12-15,18H2,1-3H3,(H,30,34);1H,(H,2,3)/t24-,26+;/m0./s1. The van der Waals surface area contributed by atoms with Gasteiger partial charge in [-0.2, -0.15) is 0 Å². The minimum Gasteiger partial charge on any atom is -0.483 e. The summed E-state index contributed by atoms with van der Waals surface area (Å²) in [6.45, 7) is 5.46. The van der Waals surface area contributed by atoms with Crippen molar-refractivity contribution in [3.8, 4) is 0 Å². The van der Waals surface area contributed by atoms with Crippen LogP contribution in [-0.2, 0) is 34.2 Å². The van der Waals surface area contributed by atoms with Crippen LogP contribution in [0.15, 0.2) is 48.7 Å². The summed E-state index contributed by atoms with van der Waals surface area (Å²) in [6.07, 6.45) is 4.52. The highest BCUT2D eigenvalue weighted by Crippen LogP contribution is 2.35. The maximum Gasteiger partial charge on any atom is 0.290 e. The third kappa shape index (κ3) is 7.41. The average molecular weight is 573 g/mol. The molecule has 4 N–H and O–H groups in total. The highest BCUT2D eigenvalue weighted by atomic mass is 32.2. The van der Waals surface area contributed by atoms with E-state index in [2.05, 4.69) is 24.5 Å². The molecule has 1 aliphatic rings. The van der Waals surface area contributed by atoms with Crippen LogP contribution in [0.4, 0.5) is 5.69 Å². The van der Waals surface area contributed by atoms with Gasteiger partial charge in [-0.15, -0.1) is 0 Å². The molecule has 0 bridgehead atoms. The van der Waals surface area contributed by atoms with Crippen molar-refractivity contribution in [3.63, 3.8) is 0 Å². The molecule has 4 rings (SSSR count). The topological polar surface area (TPSA) is 141 Å². The molecule has 1 amide bonds. The Morgan fingerprint density at radius 2 is 1.88 bits per heavy atom. The van der Waals surface area contributed by atoms with Crippen LogP contribution in [0, 0.1) is 0 Å². The SMILES string of the molecule is CCCCNC[C@@H](O)[C@H](Cc1ccccc1)NC(=O)c1cc2c3c(c1)c(CC)cn3CCS(=O)(=O)N2C.O=CO. The number of hydrogen-bond acceptors (Lipinski definition) is 6. The van der Waals surface area contributed by atoms with Crippen molar-refractivity contribution >= 4 is 39.0 Å². The fourth-order valence-corrected chi connectivity index (χ4v) is 6.05. The number of anilines is 1. The fraction of sp³-hybridized carbons (Fsp3) is 0.448. The normalized spacial score (nSPS) is 15.4. The van der Waals surface area contributed by atoms with Gasteiger partial charge in [-0.1, -0.05) is 50.6 Å². The molecular formula is C29H40N4O6S. The van der Waals surface area contributed by atoms with Gasteiger partial charge in [0.15, 0.2) is 0 Å². The van der Waals surface area contributed by atoms with E-state index in [0.29, 0.717) is 30.8 Å². The van der Waals surface area contributed by atoms with Crippen LogP contribution in [0.3, 0.4) is 0 Å². The maximum absolute atomic E-state index is 13.6. The summed E-state index contributed by atoms with van der Waals surface area (Å²) in [5.41, 5.74) is 3.79. The van der Waals surface area contributed by atoms with Gasteiger partial charge in [-0.25, -0.2) is 8.42 Å². The molecule has 0 unspecified atom stereocenters. The van der Waals surface area contributed by atoms with E-state index in [0.717, 1.165) is 47.8 Å². The van der Waals surface area contributed by atoms with E-state index in [-0.39, 0.29) is 18.1 Å². The molecular weight excluding hydrogens is 532 g/mol. The van der Waals surface area contributed by atoms with Gasteiger partial charge in [0, 0.05) is 37.3 Å². The van der Waals surface area contributed by atoms with Crippen molar-refractivity contribution in [2.24, 2.45) is 0 Å². The molecule has 1 aromatic heterocycles. The molecule has 11 heteroatoms. The molecule has 0 aliphatic carbocycles. The molecule has 0 saturated heterocycles. The first kappa shape index (κ1) is 31.1. The molecule has 0 saturated carbocycles. The number of carboxylic acid groups (broad SMARTS) is 1. The lowest BCUT2D eigenvalue weighted by atomic mass is 9.99. The lowest BCUT2D eigenvalue weighted by Gasteiger charge is -2.25. The first-order valence-electron chi connectivity index (χ1n) is 13.6. The van der Waals surface area contributed by atoms with Crippen molar-refractivity contribution in [2.45, 2.75) is 58.2 Å². The number of aryl methyl sites for hydroxylation is 2. The van der Waals surface area contributed by atoms with Gasteiger partial charge in [-0.3, -0.25) is 13.9 Å². The second kappa shape index (κ2) is 14.3. The van der Waals surface area contributed by atoms with Gasteiger partial charge in [0.2, 0.25) is 10.0 Å². The zero-order valence-corrected chi connectivity index (χ0v) is 24.2. The minimum absolute atomic E-state index is 0.00299. The number of aliphatic hydroxyl groups excluding tert-OH is 1. The number of carbonyl (C=O) groups excluding carboxylic acids is 1. The minimum atomic E-state index is -3.50. The molecule has 2 atom stereocenters. The van der Waals surface area contributed by atoms with Crippen LogP contribution in [0.5, 0.6) is 0 Å². The number of unbranched alkanes of at least 4 members (excludes halogenated alkanes) is 1. The maximum atomic E-state index is 13.6. The predicted molar refractivity (Wildman–Crippen MR) is 157 cm³/mol. The van der Waals surface area contributed by atoms with Crippen molar-refractivity contribution in [3.05, 3.63) is 65.4 Å². The van der Waals surface area contributed by atoms with E-state index in [1.807, 2.05) is 47.2 Å². The summed E-state index contributed by atoms with van der Waals surface area (Å²) in [5.74, 6) is -0.334. The Morgan fingerprint density at radius 1 is 1.18 bits per heavy atom. The smallest absolute Gasteiger partial charge is 0.290 e. The third-order valence-electron chi connectivity index (χ3n) is 7.16. The van der Waals surface area contributed by atoms with Gasteiger partial charge in [0.1, 0.15) is 0 Å². The largest absolute Gasteiger partial charge is 0.483 e. The Kier molecular flexibility index (Phi) is 11.1. The summed E-state index contributed by atoms with van der Waals surface area (Å²) in [6, 6.07) is 12.8. The summed E-state index contributed by atoms with van der Waals surface area (Å²) >= 11 is 0. The first-order valence-corrected chi connectivity index (χ1v) is 15.2. The summed E-state index contributed by atoms with van der Waals surface area (Å²) in [4.78, 5) is 22.0. The van der Waals surface area contributed by atoms with Crippen molar-refractivity contribution in [1.82, 2.24) is 15.2 Å². The number of nitrogens with one attached hydrogen (secondary N) is 2. The number of carbonyl (C=O) groups is 2. The number of nitrogens with zero attached hydrogens (tertiary/aromatic N) is 2. The predicted octanol–water partition coefficient (Wildman–Crippen LogP) is 2.78. The highest BCUT2D eigenvalue weighted by Gasteiger charge is 2.29. The van der Waals surface area contributed by atoms with E-state index in [1.165, 1.54) is 4.31 Å². The molecule has 0 spiro atoms. The Morgan fingerprint density at radius 3 is 2.52 bits per heavy atom. The van der Waals surface area contributed by atoms with Gasteiger partial charge in [-0.05, 0) is 49.1 Å². The number of aliphatic hydroxyl groups is 1. The molecule has 40 heavy (non-hydrogen) atoms. The van der Waals surface area contributed by atoms with Crippen LogP contribution in [0.1, 0.15) is 48.2 Å². The number of hydrogen-bond donors (Lipinski definition) is 4. The van der Waals surface area contributed by atoms with E-state index in [4.69, 9.17) is 9.90 Å². The van der Waals surface area contributed by atoms with E-state index < -0.39 is 22.2 Å². The molecule has 218 valence electrons. The molecule has 2 aromatic carbocycles. The molecule has 10 nitrogen and oxygen atoms in total. The number of rotatable bonds is 11. The fourth-order valence-electron chi connectivity index (χ4n) is 4.91. The van der Waals surface area contributed by atoms with E-state index in [9.17, 15) is 18.3 Å². The van der Waals surface area contributed by atoms with E-state index >= 15 is 0 Å².